The Morgan fingerprint density at radius 1 is 0.816 bits per heavy atom. The van der Waals surface area contributed by atoms with Crippen LogP contribution in [-0.2, 0) is 0 Å². The number of nitrogens with zero attached hydrogens (tertiary/aromatic N) is 1. The molecule has 0 spiro atoms. The second-order valence-electron chi connectivity index (χ2n) is 8.77. The molecular formula is C30H17NO7. The predicted octanol–water partition coefficient (Wildman–Crippen LogP) is 6.32. The number of phenols is 2. The maximum Gasteiger partial charge on any atom is 0.270 e. The van der Waals surface area contributed by atoms with Gasteiger partial charge in [0.25, 0.3) is 5.69 Å². The minimum atomic E-state index is -0.593. The first-order chi connectivity index (χ1) is 18.3. The Labute approximate surface area is 213 Å². The fourth-order valence-corrected chi connectivity index (χ4v) is 4.75. The summed E-state index contributed by atoms with van der Waals surface area (Å²) < 4.78 is 6.12. The average molecular weight is 503 g/mol. The molecule has 0 fully saturated rings. The zero-order chi connectivity index (χ0) is 26.6. The number of ketones is 1. The van der Waals surface area contributed by atoms with Crippen molar-refractivity contribution >= 4 is 44.2 Å². The van der Waals surface area contributed by atoms with Crippen molar-refractivity contribution in [3.63, 3.8) is 0 Å². The number of fused-ring (bicyclic) bond motifs is 4. The van der Waals surface area contributed by atoms with Gasteiger partial charge in [-0.25, -0.2) is 0 Å². The van der Waals surface area contributed by atoms with Crippen LogP contribution in [0.5, 0.6) is 11.5 Å². The summed E-state index contributed by atoms with van der Waals surface area (Å²) in [6.07, 6.45) is 0. The van der Waals surface area contributed by atoms with E-state index in [4.69, 9.17) is 4.42 Å². The number of rotatable bonds is 4. The van der Waals surface area contributed by atoms with Gasteiger partial charge in [-0.15, -0.1) is 0 Å². The van der Waals surface area contributed by atoms with Crippen molar-refractivity contribution in [2.24, 2.45) is 0 Å². The summed E-state index contributed by atoms with van der Waals surface area (Å²) in [6, 6.07) is 23.2. The number of para-hydroxylation sites is 1. The van der Waals surface area contributed by atoms with E-state index in [1.807, 2.05) is 0 Å². The van der Waals surface area contributed by atoms with Crippen LogP contribution in [-0.4, -0.2) is 20.9 Å². The van der Waals surface area contributed by atoms with Gasteiger partial charge >= 0.3 is 0 Å². The quantitative estimate of drug-likeness (QED) is 0.0946. The molecule has 0 saturated heterocycles. The Morgan fingerprint density at radius 3 is 2.29 bits per heavy atom. The van der Waals surface area contributed by atoms with Crippen LogP contribution in [0, 0.1) is 10.1 Å². The molecule has 1 aromatic heterocycles. The molecule has 0 saturated carbocycles. The first-order valence-corrected chi connectivity index (χ1v) is 11.6. The van der Waals surface area contributed by atoms with E-state index in [-0.39, 0.29) is 61.2 Å². The molecule has 6 rings (SSSR count). The third-order valence-corrected chi connectivity index (χ3v) is 6.57. The highest BCUT2D eigenvalue weighted by Crippen LogP contribution is 2.44. The molecule has 0 unspecified atom stereocenters. The lowest BCUT2D eigenvalue weighted by atomic mass is 9.92. The van der Waals surface area contributed by atoms with Gasteiger partial charge in [0.1, 0.15) is 17.1 Å². The van der Waals surface area contributed by atoms with Crippen LogP contribution in [0.15, 0.2) is 100 Å². The molecule has 0 aliphatic heterocycles. The number of carbonyl (C=O) groups excluding carboxylic acids is 1. The Bertz CT molecular complexity index is 2010. The summed E-state index contributed by atoms with van der Waals surface area (Å²) in [5.41, 5.74) is 0.582. The normalized spacial score (nSPS) is 11.3. The van der Waals surface area contributed by atoms with E-state index in [0.29, 0.717) is 10.9 Å². The van der Waals surface area contributed by atoms with Crippen molar-refractivity contribution in [2.45, 2.75) is 0 Å². The number of benzene rings is 5. The molecule has 184 valence electrons. The lowest BCUT2D eigenvalue weighted by molar-refractivity contribution is -0.384. The number of nitro benzene ring substituents is 1. The molecule has 0 radical (unpaired) electrons. The summed E-state index contributed by atoms with van der Waals surface area (Å²) in [5, 5.41) is 33.7. The number of nitro groups is 1. The largest absolute Gasteiger partial charge is 0.507 e. The lowest BCUT2D eigenvalue weighted by Gasteiger charge is -2.14. The molecule has 5 aromatic carbocycles. The fraction of sp³-hybridized carbons (Fsp3) is 0. The van der Waals surface area contributed by atoms with Crippen LogP contribution >= 0.6 is 0 Å². The highest BCUT2D eigenvalue weighted by Gasteiger charge is 2.23. The number of hydrogen-bond donors (Lipinski definition) is 2. The molecule has 0 amide bonds. The van der Waals surface area contributed by atoms with Gasteiger partial charge in [0.05, 0.1) is 26.8 Å². The highest BCUT2D eigenvalue weighted by molar-refractivity contribution is 6.19. The average Bonchev–Trinajstić information content (AvgIpc) is 2.93. The van der Waals surface area contributed by atoms with E-state index in [9.17, 15) is 29.9 Å². The van der Waals surface area contributed by atoms with Gasteiger partial charge in [-0.3, -0.25) is 19.7 Å². The molecule has 0 aliphatic rings. The van der Waals surface area contributed by atoms with Gasteiger partial charge in [-0.2, -0.15) is 0 Å². The third kappa shape index (κ3) is 3.47. The molecule has 8 heteroatoms. The van der Waals surface area contributed by atoms with Crippen molar-refractivity contribution in [2.75, 3.05) is 0 Å². The lowest BCUT2D eigenvalue weighted by Crippen LogP contribution is -2.06. The summed E-state index contributed by atoms with van der Waals surface area (Å²) in [6.45, 7) is 0. The molecule has 0 aliphatic carbocycles. The van der Waals surface area contributed by atoms with Gasteiger partial charge in [0.2, 0.25) is 5.43 Å². The van der Waals surface area contributed by atoms with E-state index in [1.54, 1.807) is 42.5 Å². The number of hydrogen-bond acceptors (Lipinski definition) is 7. The maximum absolute atomic E-state index is 13.8. The summed E-state index contributed by atoms with van der Waals surface area (Å²) in [7, 11) is 0. The Balaban J connectivity index is 1.74. The molecular weight excluding hydrogens is 486 g/mol. The third-order valence-electron chi connectivity index (χ3n) is 6.57. The number of non-ortho nitro benzene ring substituents is 1. The number of phenolic OH excluding ortho intramolecular Hbond substituents is 2. The van der Waals surface area contributed by atoms with Crippen molar-refractivity contribution in [1.82, 2.24) is 0 Å². The van der Waals surface area contributed by atoms with Crippen LogP contribution in [0.2, 0.25) is 0 Å². The summed E-state index contributed by atoms with van der Waals surface area (Å²) in [5.74, 6) is -0.846. The SMILES string of the molecule is O=C(c1ccc2c(c1)c(O)c(-c1ccccc1)c1oc3ccc([N+](=O)[O-])cc3c(=O)c12)c1ccccc1O. The Kier molecular flexibility index (Phi) is 5.17. The van der Waals surface area contributed by atoms with Crippen LogP contribution in [0.4, 0.5) is 5.69 Å². The Morgan fingerprint density at radius 2 is 1.55 bits per heavy atom. The smallest absolute Gasteiger partial charge is 0.270 e. The van der Waals surface area contributed by atoms with Crippen LogP contribution in [0.1, 0.15) is 15.9 Å². The first-order valence-electron chi connectivity index (χ1n) is 11.6. The van der Waals surface area contributed by atoms with Crippen molar-refractivity contribution < 1.29 is 24.3 Å². The van der Waals surface area contributed by atoms with Crippen molar-refractivity contribution in [1.29, 1.82) is 0 Å². The monoisotopic (exact) mass is 503 g/mol. The number of carbonyl (C=O) groups is 1. The molecule has 2 N–H and O–H groups in total. The molecule has 1 heterocycles. The highest BCUT2D eigenvalue weighted by atomic mass is 16.6. The molecule has 6 aromatic rings. The molecule has 0 atom stereocenters. The molecule has 8 nitrogen and oxygen atoms in total. The van der Waals surface area contributed by atoms with Gasteiger partial charge < -0.3 is 14.6 Å². The topological polar surface area (TPSA) is 131 Å². The van der Waals surface area contributed by atoms with Crippen LogP contribution < -0.4 is 5.43 Å². The minimum absolute atomic E-state index is 0.0204. The zero-order valence-corrected chi connectivity index (χ0v) is 19.5. The zero-order valence-electron chi connectivity index (χ0n) is 19.5. The van der Waals surface area contributed by atoms with E-state index in [2.05, 4.69) is 0 Å². The minimum Gasteiger partial charge on any atom is -0.507 e. The van der Waals surface area contributed by atoms with E-state index >= 15 is 0 Å². The second-order valence-corrected chi connectivity index (χ2v) is 8.77. The van der Waals surface area contributed by atoms with E-state index < -0.39 is 16.1 Å². The fourth-order valence-electron chi connectivity index (χ4n) is 4.75. The van der Waals surface area contributed by atoms with Gasteiger partial charge in [-0.05, 0) is 29.8 Å². The van der Waals surface area contributed by atoms with Crippen molar-refractivity contribution in [3.05, 3.63) is 122 Å². The first kappa shape index (κ1) is 22.9. The van der Waals surface area contributed by atoms with E-state index in [1.165, 1.54) is 42.5 Å². The van der Waals surface area contributed by atoms with Crippen molar-refractivity contribution in [3.8, 4) is 22.6 Å². The van der Waals surface area contributed by atoms with Gasteiger partial charge in [0.15, 0.2) is 11.4 Å². The standard InChI is InChI=1S/C30H17NO7/c32-23-9-5-4-8-20(23)27(33)17-10-12-19-21(14-17)28(34)25(16-6-2-1-3-7-16)30-26(19)29(35)22-15-18(31(36)37)11-13-24(22)38-30/h1-15,32,34H. The van der Waals surface area contributed by atoms with E-state index in [0.717, 1.165) is 6.07 Å². The molecule has 0 bridgehead atoms. The second kappa shape index (κ2) is 8.56. The Hall–Kier alpha value is -5.50. The van der Waals surface area contributed by atoms with Crippen LogP contribution in [0.25, 0.3) is 43.8 Å². The van der Waals surface area contributed by atoms with Crippen LogP contribution in [0.3, 0.4) is 0 Å². The molecule has 38 heavy (non-hydrogen) atoms. The predicted molar refractivity (Wildman–Crippen MR) is 143 cm³/mol. The maximum atomic E-state index is 13.8. The summed E-state index contributed by atoms with van der Waals surface area (Å²) >= 11 is 0. The van der Waals surface area contributed by atoms with Gasteiger partial charge in [0, 0.05) is 28.5 Å². The van der Waals surface area contributed by atoms with Gasteiger partial charge in [-0.1, -0.05) is 54.6 Å². The number of aromatic hydroxyl groups is 2. The summed E-state index contributed by atoms with van der Waals surface area (Å²) in [4.78, 5) is 37.7.